The molecule has 0 amide bonds. The minimum atomic E-state index is 0.357. The molecule has 0 saturated heterocycles. The zero-order valence-electron chi connectivity index (χ0n) is 39.4. The number of hydrogen-bond acceptors (Lipinski definition) is 3. The van der Waals surface area contributed by atoms with Crippen molar-refractivity contribution in [2.75, 3.05) is 19.8 Å². The number of unbranched alkanes of at least 4 members (excludes halogenated alkanes) is 26. The van der Waals surface area contributed by atoms with E-state index in [1.165, 1.54) is 238 Å². The predicted molar refractivity (Wildman–Crippen MR) is 251 cm³/mol. The average Bonchev–Trinajstić information content (AvgIpc) is 3.22. The lowest BCUT2D eigenvalue weighted by Gasteiger charge is -2.60. The maximum absolute atomic E-state index is 9.50. The van der Waals surface area contributed by atoms with E-state index in [4.69, 9.17) is 0 Å². The summed E-state index contributed by atoms with van der Waals surface area (Å²) in [6, 6.07) is 0. The van der Waals surface area contributed by atoms with Gasteiger partial charge in [0.2, 0.25) is 0 Å². The Balaban J connectivity index is 2.51. The molecule has 8 unspecified atom stereocenters. The van der Waals surface area contributed by atoms with Gasteiger partial charge in [0, 0.05) is 19.8 Å². The highest BCUT2D eigenvalue weighted by atomic mass is 16.3. The molecule has 8 atom stereocenters. The minimum absolute atomic E-state index is 0.357. The van der Waals surface area contributed by atoms with Crippen LogP contribution in [0, 0.1) is 47.3 Å². The third kappa shape index (κ3) is 23.1. The van der Waals surface area contributed by atoms with Gasteiger partial charge in [-0.15, -0.1) is 0 Å². The zero-order chi connectivity index (χ0) is 41.0. The summed E-state index contributed by atoms with van der Waals surface area (Å²) in [5.41, 5.74) is 0. The molecule has 0 spiro atoms. The van der Waals surface area contributed by atoms with E-state index < -0.39 is 0 Å². The van der Waals surface area contributed by atoms with Gasteiger partial charge in [0.25, 0.3) is 0 Å². The molecule has 2 fully saturated rings. The van der Waals surface area contributed by atoms with Crippen LogP contribution in [-0.2, 0) is 0 Å². The van der Waals surface area contributed by atoms with Gasteiger partial charge >= 0.3 is 0 Å². The Kier molecular flexibility index (Phi) is 35.0. The van der Waals surface area contributed by atoms with Gasteiger partial charge in [0.1, 0.15) is 0 Å². The maximum atomic E-state index is 9.50. The molecule has 3 nitrogen and oxygen atoms in total. The predicted octanol–water partition coefficient (Wildman–Crippen LogP) is 16.6. The maximum Gasteiger partial charge on any atom is 0.0431 e. The molecule has 0 aliphatic heterocycles. The van der Waals surface area contributed by atoms with Crippen molar-refractivity contribution in [3.05, 3.63) is 0 Å². The topological polar surface area (TPSA) is 60.7 Å². The molecule has 3 N–H and O–H groups in total. The normalized spacial score (nSPS) is 24.9. The standard InChI is InChI=1S/C54H106O3/c1-4-7-10-13-14-21-30-38-49-50(39-31-23-18-26-35-46-57)52(41-32-22-15-16-24-33-44-55)54-47(36-27-19-11-8-5-2)42-43-48(37-28-20-17-25-34-45-56)53(54)51(49)40-29-12-9-6-3/h47-57H,4-46H2,1-3H3. The second-order valence-electron chi connectivity index (χ2n) is 20.1. The summed E-state index contributed by atoms with van der Waals surface area (Å²) < 4.78 is 0. The fraction of sp³-hybridized carbons (Fsp3) is 1.00. The van der Waals surface area contributed by atoms with Gasteiger partial charge in [-0.25, -0.2) is 0 Å². The van der Waals surface area contributed by atoms with E-state index in [0.29, 0.717) is 19.8 Å². The van der Waals surface area contributed by atoms with E-state index >= 15 is 0 Å². The van der Waals surface area contributed by atoms with Crippen molar-refractivity contribution in [3.8, 4) is 0 Å². The van der Waals surface area contributed by atoms with Crippen LogP contribution in [-0.4, -0.2) is 35.1 Å². The molecule has 0 bridgehead atoms. The summed E-state index contributed by atoms with van der Waals surface area (Å²) in [6.45, 7) is 8.20. The zero-order valence-corrected chi connectivity index (χ0v) is 39.4. The summed E-state index contributed by atoms with van der Waals surface area (Å²) in [6.07, 6.45) is 55.1. The second-order valence-corrected chi connectivity index (χ2v) is 20.1. The molecule has 0 radical (unpaired) electrons. The highest BCUT2D eigenvalue weighted by Crippen LogP contribution is 2.61. The van der Waals surface area contributed by atoms with Crippen LogP contribution >= 0.6 is 0 Å². The molecule has 0 aromatic heterocycles. The largest absolute Gasteiger partial charge is 0.396 e. The smallest absolute Gasteiger partial charge is 0.0431 e. The molecule has 2 rings (SSSR count). The average molecular weight is 803 g/mol. The van der Waals surface area contributed by atoms with Crippen molar-refractivity contribution in [2.24, 2.45) is 47.3 Å². The molecule has 2 aliphatic rings. The van der Waals surface area contributed by atoms with E-state index in [9.17, 15) is 15.3 Å². The molecule has 2 saturated carbocycles. The van der Waals surface area contributed by atoms with Crippen LogP contribution in [0.2, 0.25) is 0 Å². The lowest BCUT2D eigenvalue weighted by Crippen LogP contribution is -2.53. The third-order valence-corrected chi connectivity index (χ3v) is 15.7. The van der Waals surface area contributed by atoms with Crippen molar-refractivity contribution >= 4 is 0 Å². The Labute approximate surface area is 358 Å². The van der Waals surface area contributed by atoms with E-state index in [2.05, 4.69) is 20.8 Å². The van der Waals surface area contributed by atoms with Crippen LogP contribution < -0.4 is 0 Å². The first kappa shape index (κ1) is 53.0. The van der Waals surface area contributed by atoms with Crippen molar-refractivity contribution in [3.63, 3.8) is 0 Å². The summed E-state index contributed by atoms with van der Waals surface area (Å²) >= 11 is 0. The Hall–Kier alpha value is -0.120. The molecule has 0 aromatic carbocycles. The molecular formula is C54H106O3. The van der Waals surface area contributed by atoms with Gasteiger partial charge < -0.3 is 15.3 Å². The molecule has 2 aliphatic carbocycles. The lowest BCUT2D eigenvalue weighted by atomic mass is 9.45. The van der Waals surface area contributed by atoms with E-state index in [-0.39, 0.29) is 0 Å². The first-order chi connectivity index (χ1) is 28.2. The Bertz CT molecular complexity index is 830. The van der Waals surface area contributed by atoms with Gasteiger partial charge in [-0.1, -0.05) is 220 Å². The summed E-state index contributed by atoms with van der Waals surface area (Å²) in [5, 5.41) is 28.3. The number of aliphatic hydroxyl groups excluding tert-OH is 3. The van der Waals surface area contributed by atoms with Gasteiger partial charge in [0.05, 0.1) is 0 Å². The lowest BCUT2D eigenvalue weighted by molar-refractivity contribution is -0.112. The first-order valence-electron chi connectivity index (χ1n) is 27.0. The summed E-state index contributed by atoms with van der Waals surface area (Å²) in [4.78, 5) is 0. The summed E-state index contributed by atoms with van der Waals surface area (Å²) in [7, 11) is 0. The number of hydrogen-bond donors (Lipinski definition) is 3. The van der Waals surface area contributed by atoms with Crippen LogP contribution in [0.3, 0.4) is 0 Å². The van der Waals surface area contributed by atoms with Crippen molar-refractivity contribution in [1.29, 1.82) is 0 Å². The second kappa shape index (κ2) is 37.6. The van der Waals surface area contributed by atoms with Crippen LogP contribution in [0.15, 0.2) is 0 Å². The van der Waals surface area contributed by atoms with E-state index in [1.807, 2.05) is 0 Å². The fourth-order valence-corrected chi connectivity index (χ4v) is 12.7. The van der Waals surface area contributed by atoms with Crippen molar-refractivity contribution in [2.45, 2.75) is 278 Å². The Morgan fingerprint density at radius 2 is 0.491 bits per heavy atom. The van der Waals surface area contributed by atoms with E-state index in [0.717, 1.165) is 66.6 Å². The van der Waals surface area contributed by atoms with Crippen LogP contribution in [0.4, 0.5) is 0 Å². The summed E-state index contributed by atoms with van der Waals surface area (Å²) in [5.74, 6) is 7.56. The van der Waals surface area contributed by atoms with Gasteiger partial charge in [-0.3, -0.25) is 0 Å². The molecular weight excluding hydrogens is 697 g/mol. The third-order valence-electron chi connectivity index (χ3n) is 15.7. The SMILES string of the molecule is CCCCCCCCCC1C(CCCCCCCO)C(CCCCCCCCO)C2C(CCCCCCC)CCC(CCCCCCCO)C2C1CCCCCC. The van der Waals surface area contributed by atoms with Crippen LogP contribution in [0.25, 0.3) is 0 Å². The van der Waals surface area contributed by atoms with Gasteiger partial charge in [-0.05, 0) is 105 Å². The quantitative estimate of drug-likeness (QED) is 0.0540. The van der Waals surface area contributed by atoms with E-state index in [1.54, 1.807) is 0 Å². The molecule has 340 valence electrons. The molecule has 0 aromatic rings. The van der Waals surface area contributed by atoms with Gasteiger partial charge in [-0.2, -0.15) is 0 Å². The number of fused-ring (bicyclic) bond motifs is 1. The fourth-order valence-electron chi connectivity index (χ4n) is 12.7. The monoisotopic (exact) mass is 803 g/mol. The first-order valence-corrected chi connectivity index (χ1v) is 27.0. The van der Waals surface area contributed by atoms with Crippen molar-refractivity contribution < 1.29 is 15.3 Å². The molecule has 3 heteroatoms. The Morgan fingerprint density at radius 1 is 0.263 bits per heavy atom. The highest BCUT2D eigenvalue weighted by molar-refractivity contribution is 5.03. The van der Waals surface area contributed by atoms with Crippen LogP contribution in [0.1, 0.15) is 278 Å². The van der Waals surface area contributed by atoms with Gasteiger partial charge in [0.15, 0.2) is 0 Å². The highest BCUT2D eigenvalue weighted by Gasteiger charge is 2.54. The van der Waals surface area contributed by atoms with Crippen molar-refractivity contribution in [1.82, 2.24) is 0 Å². The minimum Gasteiger partial charge on any atom is -0.396 e. The number of aliphatic hydroxyl groups is 3. The molecule has 57 heavy (non-hydrogen) atoms. The number of rotatable bonds is 41. The van der Waals surface area contributed by atoms with Crippen LogP contribution in [0.5, 0.6) is 0 Å². The molecule has 0 heterocycles. The Morgan fingerprint density at radius 3 is 0.789 bits per heavy atom.